The molecule has 266 valence electrons. The van der Waals surface area contributed by atoms with Crippen LogP contribution in [0.25, 0.3) is 5.69 Å². The molecule has 3 aliphatic rings. The van der Waals surface area contributed by atoms with Crippen molar-refractivity contribution >= 4 is 46.7 Å². The number of hydrogen-bond acceptors (Lipinski definition) is 10. The van der Waals surface area contributed by atoms with Crippen molar-refractivity contribution in [2.45, 2.75) is 76.7 Å². The maximum atomic E-state index is 13.8. The van der Waals surface area contributed by atoms with Crippen molar-refractivity contribution in [1.82, 2.24) is 30.0 Å². The summed E-state index contributed by atoms with van der Waals surface area (Å²) in [6.45, 7) is 7.18. The number of ether oxygens (including phenoxy) is 2. The fraction of sp³-hybridized carbons (Fsp3) is 0.514. The van der Waals surface area contributed by atoms with Crippen LogP contribution in [0, 0.1) is 0 Å². The second kappa shape index (κ2) is 14.8. The molecule has 1 atom stereocenters. The number of aromatic nitrogens is 4. The topological polar surface area (TPSA) is 143 Å². The van der Waals surface area contributed by atoms with Gasteiger partial charge in [-0.05, 0) is 92.8 Å². The highest BCUT2D eigenvalue weighted by atomic mass is 35.5. The Morgan fingerprint density at radius 1 is 0.920 bits per heavy atom. The van der Waals surface area contributed by atoms with Gasteiger partial charge >= 0.3 is 17.8 Å². The second-order valence-corrected chi connectivity index (χ2v) is 14.4. The van der Waals surface area contributed by atoms with Crippen LogP contribution in [-0.4, -0.2) is 117 Å². The fourth-order valence-electron chi connectivity index (χ4n) is 7.00. The summed E-state index contributed by atoms with van der Waals surface area (Å²) >= 11 is 6.29. The average molecular weight is 707 g/mol. The van der Waals surface area contributed by atoms with E-state index in [1.54, 1.807) is 51.0 Å². The molecule has 3 amide bonds. The maximum absolute atomic E-state index is 13.8. The van der Waals surface area contributed by atoms with E-state index in [9.17, 15) is 19.2 Å². The minimum Gasteiger partial charge on any atom is -0.458 e. The van der Waals surface area contributed by atoms with Gasteiger partial charge < -0.3 is 24.2 Å². The molecule has 1 unspecified atom stereocenters. The van der Waals surface area contributed by atoms with Crippen LogP contribution in [0.1, 0.15) is 52.0 Å². The van der Waals surface area contributed by atoms with Gasteiger partial charge in [-0.1, -0.05) is 23.7 Å². The molecule has 6 rings (SSSR count). The van der Waals surface area contributed by atoms with Gasteiger partial charge in [0.2, 0.25) is 5.91 Å². The highest BCUT2D eigenvalue weighted by Gasteiger charge is 2.42. The van der Waals surface area contributed by atoms with Crippen LogP contribution in [0.2, 0.25) is 5.02 Å². The molecule has 2 saturated heterocycles. The first-order valence-corrected chi connectivity index (χ1v) is 17.3. The number of halogens is 1. The van der Waals surface area contributed by atoms with E-state index in [4.69, 9.17) is 21.1 Å². The van der Waals surface area contributed by atoms with Gasteiger partial charge in [-0.3, -0.25) is 19.3 Å². The summed E-state index contributed by atoms with van der Waals surface area (Å²) in [6, 6.07) is 11.6. The van der Waals surface area contributed by atoms with Crippen LogP contribution in [0.15, 0.2) is 48.8 Å². The molecule has 50 heavy (non-hydrogen) atoms. The molecule has 0 spiro atoms. The van der Waals surface area contributed by atoms with Crippen LogP contribution in [0.4, 0.5) is 11.4 Å². The van der Waals surface area contributed by atoms with E-state index >= 15 is 0 Å². The average Bonchev–Trinajstić information content (AvgIpc) is 3.63. The molecule has 1 aliphatic carbocycles. The summed E-state index contributed by atoms with van der Waals surface area (Å²) in [4.78, 5) is 61.0. The Balaban J connectivity index is 1.16. The van der Waals surface area contributed by atoms with Gasteiger partial charge in [0, 0.05) is 56.5 Å². The quantitative estimate of drug-likeness (QED) is 0.241. The highest BCUT2D eigenvalue weighted by molar-refractivity contribution is 6.41. The van der Waals surface area contributed by atoms with Crippen molar-refractivity contribution in [2.75, 3.05) is 49.6 Å². The molecule has 2 aromatic carbocycles. The molecule has 0 N–H and O–H groups in total. The zero-order chi connectivity index (χ0) is 35.6. The summed E-state index contributed by atoms with van der Waals surface area (Å²) in [5, 5.41) is 11.6. The largest absolute Gasteiger partial charge is 0.458 e. The predicted molar refractivity (Wildman–Crippen MR) is 185 cm³/mol. The van der Waals surface area contributed by atoms with Crippen molar-refractivity contribution in [3.8, 4) is 5.69 Å². The van der Waals surface area contributed by atoms with Gasteiger partial charge in [0.25, 0.3) is 0 Å². The van der Waals surface area contributed by atoms with Crippen LogP contribution in [0.3, 0.4) is 0 Å². The second-order valence-electron chi connectivity index (χ2n) is 13.9. The van der Waals surface area contributed by atoms with Crippen LogP contribution in [0.5, 0.6) is 0 Å². The Morgan fingerprint density at radius 2 is 1.64 bits per heavy atom. The molecule has 14 nitrogen and oxygen atoms in total. The van der Waals surface area contributed by atoms with E-state index in [0.717, 1.165) is 43.5 Å². The third-order valence-corrected chi connectivity index (χ3v) is 9.79. The van der Waals surface area contributed by atoms with Gasteiger partial charge in [0.05, 0.1) is 24.0 Å². The molecule has 1 saturated carbocycles. The zero-order valence-electron chi connectivity index (χ0n) is 28.8. The SMILES string of the molecule is COC1CCC(N2CCN(c3ccc(CC(C(=O)OC(C)(C)C)N4CCN(c5cc(Cl)ccc5-n5cnnn5)C(=O)C4=O)cc3)C(=O)C2)CC1. The Bertz CT molecular complexity index is 1700. The molecule has 3 aromatic rings. The number of tetrazole rings is 1. The van der Waals surface area contributed by atoms with Crippen LogP contribution >= 0.6 is 11.6 Å². The van der Waals surface area contributed by atoms with E-state index in [2.05, 4.69) is 20.4 Å². The molecule has 3 fully saturated rings. The molecular formula is C35H43ClN8O6. The minimum atomic E-state index is -1.06. The van der Waals surface area contributed by atoms with Gasteiger partial charge in [-0.25, -0.2) is 4.79 Å². The molecule has 2 aliphatic heterocycles. The lowest BCUT2D eigenvalue weighted by atomic mass is 9.91. The molecule has 3 heterocycles. The monoisotopic (exact) mass is 706 g/mol. The molecule has 0 bridgehead atoms. The van der Waals surface area contributed by atoms with Gasteiger partial charge in [0.1, 0.15) is 18.0 Å². The number of carbonyl (C=O) groups excluding carboxylic acids is 4. The number of amides is 3. The summed E-state index contributed by atoms with van der Waals surface area (Å²) in [5.41, 5.74) is 1.54. The lowest BCUT2D eigenvalue weighted by molar-refractivity contribution is -0.166. The first kappa shape index (κ1) is 35.4. The zero-order valence-corrected chi connectivity index (χ0v) is 29.6. The number of rotatable bonds is 9. The van der Waals surface area contributed by atoms with E-state index in [1.807, 2.05) is 24.3 Å². The third kappa shape index (κ3) is 7.82. The fourth-order valence-corrected chi connectivity index (χ4v) is 7.17. The molecule has 0 radical (unpaired) electrons. The van der Waals surface area contributed by atoms with E-state index in [1.165, 1.54) is 20.8 Å². The molecular weight excluding hydrogens is 664 g/mol. The van der Waals surface area contributed by atoms with E-state index < -0.39 is 29.4 Å². The number of methoxy groups -OCH3 is 1. The lowest BCUT2D eigenvalue weighted by Crippen LogP contribution is -2.60. The Kier molecular flexibility index (Phi) is 10.5. The lowest BCUT2D eigenvalue weighted by Gasteiger charge is -2.41. The van der Waals surface area contributed by atoms with Gasteiger partial charge in [0.15, 0.2) is 0 Å². The standard InChI is InChI=1S/C35H43ClN8O6/c1-35(2,3)50-34(48)30(43-18-17-42(32(46)33(43)47)29-20-24(36)7-14-28(29)44-22-37-38-39-44)19-23-5-8-26(9-6-23)41-16-15-40(21-31(41)45)25-10-12-27(49-4)13-11-25/h5-9,14,20,22,25,27,30H,10-13,15-19,21H2,1-4H3. The van der Waals surface area contributed by atoms with Crippen molar-refractivity contribution in [2.24, 2.45) is 0 Å². The predicted octanol–water partition coefficient (Wildman–Crippen LogP) is 3.05. The van der Waals surface area contributed by atoms with Gasteiger partial charge in [-0.2, -0.15) is 4.68 Å². The summed E-state index contributed by atoms with van der Waals surface area (Å²) in [6.07, 6.45) is 5.90. The van der Waals surface area contributed by atoms with Crippen molar-refractivity contribution in [1.29, 1.82) is 0 Å². The minimum absolute atomic E-state index is 0.0504. The van der Waals surface area contributed by atoms with E-state index in [0.29, 0.717) is 41.6 Å². The van der Waals surface area contributed by atoms with E-state index in [-0.39, 0.29) is 25.4 Å². The summed E-state index contributed by atoms with van der Waals surface area (Å²) in [5.74, 6) is -2.22. The van der Waals surface area contributed by atoms with Crippen molar-refractivity contribution in [3.05, 3.63) is 59.4 Å². The number of anilines is 2. The summed E-state index contributed by atoms with van der Waals surface area (Å²) in [7, 11) is 1.76. The normalized spacial score (nSPS) is 21.5. The van der Waals surface area contributed by atoms with Crippen LogP contribution < -0.4 is 9.80 Å². The Morgan fingerprint density at radius 3 is 2.28 bits per heavy atom. The Hall–Kier alpha value is -4.40. The maximum Gasteiger partial charge on any atom is 0.329 e. The summed E-state index contributed by atoms with van der Waals surface area (Å²) < 4.78 is 12.6. The number of esters is 1. The number of piperazine rings is 2. The first-order chi connectivity index (χ1) is 23.9. The third-order valence-electron chi connectivity index (χ3n) is 9.55. The van der Waals surface area contributed by atoms with Crippen LogP contribution in [-0.2, 0) is 35.1 Å². The number of carbonyl (C=O) groups is 4. The molecule has 1 aromatic heterocycles. The number of hydrogen-bond donors (Lipinski definition) is 0. The number of benzene rings is 2. The smallest absolute Gasteiger partial charge is 0.329 e. The first-order valence-electron chi connectivity index (χ1n) is 17.0. The number of nitrogens with zero attached hydrogens (tertiary/aromatic N) is 8. The highest BCUT2D eigenvalue weighted by Crippen LogP contribution is 2.31. The van der Waals surface area contributed by atoms with Crippen molar-refractivity contribution in [3.63, 3.8) is 0 Å². The van der Waals surface area contributed by atoms with Gasteiger partial charge in [-0.15, -0.1) is 5.10 Å². The Labute approximate surface area is 296 Å². The molecule has 15 heteroatoms. The van der Waals surface area contributed by atoms with Crippen molar-refractivity contribution < 1.29 is 28.7 Å².